The fourth-order valence-electron chi connectivity index (χ4n) is 2.19. The Morgan fingerprint density at radius 1 is 1.16 bits per heavy atom. The van der Waals surface area contributed by atoms with Crippen molar-refractivity contribution in [2.45, 2.75) is 40.0 Å². The highest BCUT2D eigenvalue weighted by Gasteiger charge is 2.12. The van der Waals surface area contributed by atoms with Crippen LogP contribution in [0.2, 0.25) is 0 Å². The van der Waals surface area contributed by atoms with Crippen LogP contribution in [0.3, 0.4) is 0 Å². The van der Waals surface area contributed by atoms with Gasteiger partial charge in [0.05, 0.1) is 6.61 Å². The van der Waals surface area contributed by atoms with E-state index >= 15 is 0 Å². The standard InChI is InChI=1S/C17H29NO/c1-4-12-18-14-16(15(2)3)9-8-13-19-17-10-6-5-7-11-17/h5-7,10-11,15-16,18H,4,8-9,12-14H2,1-3H3. The van der Waals surface area contributed by atoms with Crippen LogP contribution < -0.4 is 10.1 Å². The van der Waals surface area contributed by atoms with Crippen LogP contribution in [0.15, 0.2) is 30.3 Å². The Bertz CT molecular complexity index is 310. The van der Waals surface area contributed by atoms with E-state index in [2.05, 4.69) is 26.1 Å². The fraction of sp³-hybridized carbons (Fsp3) is 0.647. The topological polar surface area (TPSA) is 21.3 Å². The zero-order valence-electron chi connectivity index (χ0n) is 12.7. The molecule has 2 nitrogen and oxygen atoms in total. The van der Waals surface area contributed by atoms with Crippen molar-refractivity contribution in [3.63, 3.8) is 0 Å². The maximum absolute atomic E-state index is 5.74. The molecule has 1 unspecified atom stereocenters. The average Bonchev–Trinajstić information content (AvgIpc) is 2.42. The maximum Gasteiger partial charge on any atom is 0.119 e. The first-order valence-corrected chi connectivity index (χ1v) is 7.62. The van der Waals surface area contributed by atoms with Crippen molar-refractivity contribution in [3.05, 3.63) is 30.3 Å². The molecule has 0 saturated heterocycles. The summed E-state index contributed by atoms with van der Waals surface area (Å²) in [5, 5.41) is 3.53. The second kappa shape index (κ2) is 9.85. The highest BCUT2D eigenvalue weighted by molar-refractivity contribution is 5.20. The lowest BCUT2D eigenvalue weighted by molar-refractivity contribution is 0.268. The van der Waals surface area contributed by atoms with Gasteiger partial charge in [-0.3, -0.25) is 0 Å². The van der Waals surface area contributed by atoms with Gasteiger partial charge < -0.3 is 10.1 Å². The van der Waals surface area contributed by atoms with E-state index in [1.54, 1.807) is 0 Å². The van der Waals surface area contributed by atoms with Crippen molar-refractivity contribution in [3.8, 4) is 5.75 Å². The van der Waals surface area contributed by atoms with Gasteiger partial charge in [0.15, 0.2) is 0 Å². The van der Waals surface area contributed by atoms with Gasteiger partial charge in [0.1, 0.15) is 5.75 Å². The Kier molecular flexibility index (Phi) is 8.31. The normalized spacial score (nSPS) is 12.6. The van der Waals surface area contributed by atoms with Gasteiger partial charge in [-0.2, -0.15) is 0 Å². The minimum absolute atomic E-state index is 0.737. The van der Waals surface area contributed by atoms with Crippen molar-refractivity contribution in [2.75, 3.05) is 19.7 Å². The summed E-state index contributed by atoms with van der Waals surface area (Å²) < 4.78 is 5.74. The lowest BCUT2D eigenvalue weighted by Crippen LogP contribution is -2.27. The molecule has 0 saturated carbocycles. The summed E-state index contributed by atoms with van der Waals surface area (Å²) in [6, 6.07) is 10.1. The molecule has 0 aromatic heterocycles. The zero-order valence-corrected chi connectivity index (χ0v) is 12.7. The molecule has 0 bridgehead atoms. The number of ether oxygens (including phenoxy) is 1. The third-order valence-corrected chi connectivity index (χ3v) is 3.51. The highest BCUT2D eigenvalue weighted by atomic mass is 16.5. The van der Waals surface area contributed by atoms with Crippen molar-refractivity contribution in [1.82, 2.24) is 5.32 Å². The average molecular weight is 263 g/mol. The summed E-state index contributed by atoms with van der Waals surface area (Å²) in [7, 11) is 0. The summed E-state index contributed by atoms with van der Waals surface area (Å²) in [4.78, 5) is 0. The Labute approximate surface area is 118 Å². The number of hydrogen-bond acceptors (Lipinski definition) is 2. The number of para-hydroxylation sites is 1. The molecular formula is C17H29NO. The molecule has 108 valence electrons. The number of nitrogens with one attached hydrogen (secondary N) is 1. The SMILES string of the molecule is CCCNCC(CCCOc1ccccc1)C(C)C. The van der Waals surface area contributed by atoms with Crippen molar-refractivity contribution < 1.29 is 4.74 Å². The lowest BCUT2D eigenvalue weighted by atomic mass is 9.91. The monoisotopic (exact) mass is 263 g/mol. The third-order valence-electron chi connectivity index (χ3n) is 3.51. The van der Waals surface area contributed by atoms with E-state index in [4.69, 9.17) is 4.74 Å². The Hall–Kier alpha value is -1.02. The summed E-state index contributed by atoms with van der Waals surface area (Å²) in [6.45, 7) is 9.93. The van der Waals surface area contributed by atoms with Crippen LogP contribution in [0.5, 0.6) is 5.75 Å². The van der Waals surface area contributed by atoms with Gasteiger partial charge >= 0.3 is 0 Å². The van der Waals surface area contributed by atoms with E-state index in [9.17, 15) is 0 Å². The van der Waals surface area contributed by atoms with Gasteiger partial charge in [0, 0.05) is 0 Å². The summed E-state index contributed by atoms with van der Waals surface area (Å²) in [5.74, 6) is 2.47. The zero-order chi connectivity index (χ0) is 13.9. The Morgan fingerprint density at radius 3 is 2.53 bits per heavy atom. The molecule has 0 aliphatic carbocycles. The molecule has 0 fully saturated rings. The van der Waals surface area contributed by atoms with Crippen molar-refractivity contribution >= 4 is 0 Å². The maximum atomic E-state index is 5.74. The molecule has 19 heavy (non-hydrogen) atoms. The van der Waals surface area contributed by atoms with Gasteiger partial charge in [0.25, 0.3) is 0 Å². The van der Waals surface area contributed by atoms with Crippen molar-refractivity contribution in [2.24, 2.45) is 11.8 Å². The summed E-state index contributed by atoms with van der Waals surface area (Å²) in [6.07, 6.45) is 3.58. The van der Waals surface area contributed by atoms with Crippen LogP contribution in [0.4, 0.5) is 0 Å². The first-order valence-electron chi connectivity index (χ1n) is 7.62. The van der Waals surface area contributed by atoms with Gasteiger partial charge in [0.2, 0.25) is 0 Å². The van der Waals surface area contributed by atoms with Crippen LogP contribution in [0, 0.1) is 11.8 Å². The number of benzene rings is 1. The molecule has 1 aromatic rings. The molecule has 1 rings (SSSR count). The van der Waals surface area contributed by atoms with E-state index < -0.39 is 0 Å². The molecule has 0 aliphatic rings. The molecule has 0 radical (unpaired) electrons. The molecule has 0 aliphatic heterocycles. The Balaban J connectivity index is 2.17. The van der Waals surface area contributed by atoms with E-state index in [1.807, 2.05) is 30.3 Å². The minimum atomic E-state index is 0.737. The quantitative estimate of drug-likeness (QED) is 0.641. The fourth-order valence-corrected chi connectivity index (χ4v) is 2.19. The second-order valence-corrected chi connectivity index (χ2v) is 5.51. The van der Waals surface area contributed by atoms with Crippen LogP contribution >= 0.6 is 0 Å². The highest BCUT2D eigenvalue weighted by Crippen LogP contribution is 2.17. The van der Waals surface area contributed by atoms with Gasteiger partial charge in [-0.15, -0.1) is 0 Å². The molecule has 1 N–H and O–H groups in total. The van der Waals surface area contributed by atoms with E-state index in [0.717, 1.165) is 43.7 Å². The number of rotatable bonds is 10. The van der Waals surface area contributed by atoms with Crippen LogP contribution in [0.1, 0.15) is 40.0 Å². The van der Waals surface area contributed by atoms with E-state index in [-0.39, 0.29) is 0 Å². The molecule has 1 aromatic carbocycles. The first kappa shape index (κ1) is 16.0. The minimum Gasteiger partial charge on any atom is -0.494 e. The van der Waals surface area contributed by atoms with Crippen LogP contribution in [-0.4, -0.2) is 19.7 Å². The molecule has 0 spiro atoms. The lowest BCUT2D eigenvalue weighted by Gasteiger charge is -2.21. The largest absolute Gasteiger partial charge is 0.494 e. The van der Waals surface area contributed by atoms with E-state index in [0.29, 0.717) is 0 Å². The van der Waals surface area contributed by atoms with Crippen LogP contribution in [0.25, 0.3) is 0 Å². The molecule has 0 amide bonds. The van der Waals surface area contributed by atoms with Gasteiger partial charge in [-0.05, 0) is 56.3 Å². The molecule has 1 atom stereocenters. The summed E-state index contributed by atoms with van der Waals surface area (Å²) in [5.41, 5.74) is 0. The predicted octanol–water partition coefficient (Wildman–Crippen LogP) is 4.12. The first-order chi connectivity index (χ1) is 9.24. The smallest absolute Gasteiger partial charge is 0.119 e. The second-order valence-electron chi connectivity index (χ2n) is 5.51. The predicted molar refractivity (Wildman–Crippen MR) is 82.7 cm³/mol. The van der Waals surface area contributed by atoms with Crippen LogP contribution in [-0.2, 0) is 0 Å². The molecule has 2 heteroatoms. The molecule has 0 heterocycles. The summed E-state index contributed by atoms with van der Waals surface area (Å²) >= 11 is 0. The van der Waals surface area contributed by atoms with E-state index in [1.165, 1.54) is 12.8 Å². The number of hydrogen-bond donors (Lipinski definition) is 1. The third kappa shape index (κ3) is 7.22. The Morgan fingerprint density at radius 2 is 1.89 bits per heavy atom. The van der Waals surface area contributed by atoms with Gasteiger partial charge in [-0.25, -0.2) is 0 Å². The van der Waals surface area contributed by atoms with Crippen molar-refractivity contribution in [1.29, 1.82) is 0 Å². The molecular weight excluding hydrogens is 234 g/mol. The van der Waals surface area contributed by atoms with Gasteiger partial charge in [-0.1, -0.05) is 39.0 Å².